The van der Waals surface area contributed by atoms with Crippen LogP contribution in [0.2, 0.25) is 0 Å². The van der Waals surface area contributed by atoms with Crippen molar-refractivity contribution in [3.8, 4) is 11.1 Å². The summed E-state index contributed by atoms with van der Waals surface area (Å²) in [7, 11) is 0. The molecule has 0 fully saturated rings. The van der Waals surface area contributed by atoms with E-state index in [2.05, 4.69) is 50.2 Å². The number of anilines is 1. The summed E-state index contributed by atoms with van der Waals surface area (Å²) in [5.41, 5.74) is 11.9. The first-order valence-electron chi connectivity index (χ1n) is 7.73. The van der Waals surface area contributed by atoms with Gasteiger partial charge in [-0.15, -0.1) is 0 Å². The highest BCUT2D eigenvalue weighted by Gasteiger charge is 2.30. The van der Waals surface area contributed by atoms with Gasteiger partial charge in [0.05, 0.1) is 0 Å². The lowest BCUT2D eigenvalue weighted by Gasteiger charge is -2.38. The molecule has 2 aromatic rings. The number of carbonyl (C=O) groups excluding carboxylic acids is 1. The maximum atomic E-state index is 12.0. The molecular weight excluding hydrogens is 272 g/mol. The number of hydrogen-bond acceptors (Lipinski definition) is 2. The van der Waals surface area contributed by atoms with Crippen molar-refractivity contribution in [2.75, 3.05) is 4.90 Å². The lowest BCUT2D eigenvalue weighted by atomic mass is 9.89. The molecule has 0 aromatic heterocycles. The Labute approximate surface area is 131 Å². The van der Waals surface area contributed by atoms with E-state index in [0.717, 1.165) is 23.2 Å². The molecule has 3 nitrogen and oxygen atoms in total. The zero-order valence-electron chi connectivity index (χ0n) is 13.3. The summed E-state index contributed by atoms with van der Waals surface area (Å²) in [4.78, 5) is 13.8. The fourth-order valence-electron chi connectivity index (χ4n) is 3.39. The van der Waals surface area contributed by atoms with Gasteiger partial charge in [-0.1, -0.05) is 35.9 Å². The highest BCUT2D eigenvalue weighted by Crippen LogP contribution is 2.38. The van der Waals surface area contributed by atoms with Crippen molar-refractivity contribution in [1.82, 2.24) is 0 Å². The average molecular weight is 294 g/mol. The third kappa shape index (κ3) is 2.53. The van der Waals surface area contributed by atoms with E-state index in [0.29, 0.717) is 0 Å². The molecule has 3 heteroatoms. The number of nitrogens with two attached hydrogens (primary N) is 1. The number of fused-ring (bicyclic) bond motifs is 1. The van der Waals surface area contributed by atoms with Crippen LogP contribution in [0, 0.1) is 6.92 Å². The van der Waals surface area contributed by atoms with E-state index in [1.165, 1.54) is 11.1 Å². The van der Waals surface area contributed by atoms with Gasteiger partial charge in [-0.05, 0) is 49.1 Å². The van der Waals surface area contributed by atoms with Gasteiger partial charge in [0.2, 0.25) is 5.91 Å². The van der Waals surface area contributed by atoms with E-state index in [-0.39, 0.29) is 18.0 Å². The first kappa shape index (κ1) is 14.8. The summed E-state index contributed by atoms with van der Waals surface area (Å²) in [6.45, 7) is 5.76. The fourth-order valence-corrected chi connectivity index (χ4v) is 3.39. The number of nitrogens with zero attached hydrogens (tertiary/aromatic N) is 1. The van der Waals surface area contributed by atoms with Gasteiger partial charge >= 0.3 is 0 Å². The van der Waals surface area contributed by atoms with Gasteiger partial charge in [0, 0.05) is 24.7 Å². The number of benzene rings is 2. The molecule has 0 aliphatic carbocycles. The second-order valence-electron chi connectivity index (χ2n) is 6.22. The van der Waals surface area contributed by atoms with Crippen LogP contribution in [0.25, 0.3) is 11.1 Å². The first-order valence-corrected chi connectivity index (χ1v) is 7.73. The highest BCUT2D eigenvalue weighted by molar-refractivity contribution is 5.94. The molecule has 0 unspecified atom stereocenters. The van der Waals surface area contributed by atoms with Gasteiger partial charge in [0.15, 0.2) is 0 Å². The van der Waals surface area contributed by atoms with Crippen LogP contribution in [0.5, 0.6) is 0 Å². The second kappa shape index (κ2) is 5.58. The SMILES string of the molecule is CC(=O)N1c2ccc(-c3cccc(C)c3)cc2[C@H](N)C[C@@H]1C. The molecule has 0 bridgehead atoms. The summed E-state index contributed by atoms with van der Waals surface area (Å²) in [6.07, 6.45) is 0.795. The van der Waals surface area contributed by atoms with Crippen molar-refractivity contribution in [2.45, 2.75) is 39.3 Å². The van der Waals surface area contributed by atoms with Gasteiger partial charge in [0.1, 0.15) is 0 Å². The van der Waals surface area contributed by atoms with E-state index >= 15 is 0 Å². The van der Waals surface area contributed by atoms with Gasteiger partial charge in [-0.2, -0.15) is 0 Å². The summed E-state index contributed by atoms with van der Waals surface area (Å²) < 4.78 is 0. The van der Waals surface area contributed by atoms with Gasteiger partial charge < -0.3 is 10.6 Å². The maximum absolute atomic E-state index is 12.0. The minimum Gasteiger partial charge on any atom is -0.324 e. The minimum absolute atomic E-state index is 0.0228. The zero-order valence-corrected chi connectivity index (χ0v) is 13.3. The number of hydrogen-bond donors (Lipinski definition) is 1. The Bertz CT molecular complexity index is 723. The van der Waals surface area contributed by atoms with E-state index in [1.807, 2.05) is 11.0 Å². The van der Waals surface area contributed by atoms with Crippen LogP contribution in [-0.4, -0.2) is 11.9 Å². The van der Waals surface area contributed by atoms with E-state index in [9.17, 15) is 4.79 Å². The van der Waals surface area contributed by atoms with Crippen LogP contribution < -0.4 is 10.6 Å². The van der Waals surface area contributed by atoms with Gasteiger partial charge in [0.25, 0.3) is 0 Å². The fraction of sp³-hybridized carbons (Fsp3) is 0.316. The van der Waals surface area contributed by atoms with Crippen molar-refractivity contribution in [3.63, 3.8) is 0 Å². The summed E-state index contributed by atoms with van der Waals surface area (Å²) in [5.74, 6) is 0.0731. The Morgan fingerprint density at radius 2 is 1.91 bits per heavy atom. The number of rotatable bonds is 1. The Morgan fingerprint density at radius 1 is 1.18 bits per heavy atom. The lowest BCUT2D eigenvalue weighted by molar-refractivity contribution is -0.117. The quantitative estimate of drug-likeness (QED) is 0.869. The average Bonchev–Trinajstić information content (AvgIpc) is 2.46. The minimum atomic E-state index is -0.0228. The van der Waals surface area contributed by atoms with Crippen molar-refractivity contribution in [3.05, 3.63) is 53.6 Å². The summed E-state index contributed by atoms with van der Waals surface area (Å²) in [6, 6.07) is 14.8. The van der Waals surface area contributed by atoms with Crippen LogP contribution >= 0.6 is 0 Å². The third-order valence-electron chi connectivity index (χ3n) is 4.41. The Hall–Kier alpha value is -2.13. The van der Waals surface area contributed by atoms with E-state index in [4.69, 9.17) is 5.73 Å². The molecule has 0 radical (unpaired) electrons. The topological polar surface area (TPSA) is 46.3 Å². The lowest BCUT2D eigenvalue weighted by Crippen LogP contribution is -2.43. The number of aryl methyl sites for hydroxylation is 1. The molecule has 2 aromatic carbocycles. The zero-order chi connectivity index (χ0) is 15.9. The molecular formula is C19H22N2O. The van der Waals surface area contributed by atoms with Gasteiger partial charge in [-0.3, -0.25) is 4.79 Å². The van der Waals surface area contributed by atoms with Crippen LogP contribution in [0.3, 0.4) is 0 Å². The molecule has 1 aliphatic heterocycles. The Kier molecular flexibility index (Phi) is 3.75. The predicted molar refractivity (Wildman–Crippen MR) is 90.8 cm³/mol. The first-order chi connectivity index (χ1) is 10.5. The number of amides is 1. The van der Waals surface area contributed by atoms with Crippen molar-refractivity contribution in [2.24, 2.45) is 5.73 Å². The summed E-state index contributed by atoms with van der Waals surface area (Å²) in [5, 5.41) is 0. The second-order valence-corrected chi connectivity index (χ2v) is 6.22. The maximum Gasteiger partial charge on any atom is 0.224 e. The predicted octanol–water partition coefficient (Wildman–Crippen LogP) is 3.81. The third-order valence-corrected chi connectivity index (χ3v) is 4.41. The molecule has 114 valence electrons. The molecule has 2 atom stereocenters. The van der Waals surface area contributed by atoms with Crippen LogP contribution in [0.4, 0.5) is 5.69 Å². The monoisotopic (exact) mass is 294 g/mol. The van der Waals surface area contributed by atoms with Crippen LogP contribution in [-0.2, 0) is 4.79 Å². The van der Waals surface area contributed by atoms with Crippen molar-refractivity contribution < 1.29 is 4.79 Å². The molecule has 1 amide bonds. The molecule has 0 spiro atoms. The highest BCUT2D eigenvalue weighted by atomic mass is 16.2. The molecule has 2 N–H and O–H groups in total. The molecule has 0 saturated heterocycles. The molecule has 0 saturated carbocycles. The molecule has 1 heterocycles. The van der Waals surface area contributed by atoms with Gasteiger partial charge in [-0.25, -0.2) is 0 Å². The van der Waals surface area contributed by atoms with Crippen LogP contribution in [0.15, 0.2) is 42.5 Å². The molecule has 1 aliphatic rings. The van der Waals surface area contributed by atoms with Crippen LogP contribution in [0.1, 0.15) is 37.4 Å². The smallest absolute Gasteiger partial charge is 0.224 e. The normalized spacial score (nSPS) is 20.6. The summed E-state index contributed by atoms with van der Waals surface area (Å²) >= 11 is 0. The van der Waals surface area contributed by atoms with Crippen molar-refractivity contribution >= 4 is 11.6 Å². The number of carbonyl (C=O) groups is 1. The Balaban J connectivity index is 2.10. The van der Waals surface area contributed by atoms with E-state index in [1.54, 1.807) is 6.92 Å². The molecule has 22 heavy (non-hydrogen) atoms. The largest absolute Gasteiger partial charge is 0.324 e. The van der Waals surface area contributed by atoms with E-state index < -0.39 is 0 Å². The Morgan fingerprint density at radius 3 is 2.59 bits per heavy atom. The molecule has 3 rings (SSSR count). The van der Waals surface area contributed by atoms with Crippen molar-refractivity contribution in [1.29, 1.82) is 0 Å². The standard InChI is InChI=1S/C19H22N2O/c1-12-5-4-6-15(9-12)16-7-8-19-17(11-16)18(20)10-13(2)21(19)14(3)22/h4-9,11,13,18H,10,20H2,1-3H3/t13-,18+/m0/s1.